The van der Waals surface area contributed by atoms with E-state index in [0.29, 0.717) is 17.7 Å². The number of carbonyl (C=O) groups is 2. The molecule has 4 rings (SSSR count). The summed E-state index contributed by atoms with van der Waals surface area (Å²) < 4.78 is 11.6. The van der Waals surface area contributed by atoms with E-state index in [1.807, 2.05) is 30.3 Å². The molecule has 7 nitrogen and oxygen atoms in total. The molecule has 1 unspecified atom stereocenters. The fraction of sp³-hybridized carbons (Fsp3) is 0.182. The molecule has 152 valence electrons. The van der Waals surface area contributed by atoms with E-state index in [0.717, 1.165) is 15.2 Å². The number of para-hydroxylation sites is 1. The van der Waals surface area contributed by atoms with Gasteiger partial charge in [-0.3, -0.25) is 9.59 Å². The van der Waals surface area contributed by atoms with E-state index in [1.54, 1.807) is 48.6 Å². The highest BCUT2D eigenvalue weighted by Gasteiger charge is 2.26. The summed E-state index contributed by atoms with van der Waals surface area (Å²) in [6.45, 7) is 1.72. The second kappa shape index (κ2) is 8.87. The molecule has 0 saturated heterocycles. The summed E-state index contributed by atoms with van der Waals surface area (Å²) in [5.74, 6) is -0.143. The summed E-state index contributed by atoms with van der Waals surface area (Å²) in [6, 6.07) is 18.3. The SMILES string of the molecule is Cc1cc(NC(=O)C(OC(=O)CCc2nc3ccccc3s2)c2ccccc2)no1. The Kier molecular flexibility index (Phi) is 5.85. The van der Waals surface area contributed by atoms with Gasteiger partial charge in [0.2, 0.25) is 6.10 Å². The number of hydrogen-bond acceptors (Lipinski definition) is 7. The Hall–Kier alpha value is -3.52. The zero-order valence-electron chi connectivity index (χ0n) is 16.2. The fourth-order valence-corrected chi connectivity index (χ4v) is 3.91. The van der Waals surface area contributed by atoms with Crippen molar-refractivity contribution in [3.63, 3.8) is 0 Å². The average molecular weight is 421 g/mol. The number of thiazole rings is 1. The molecule has 0 aliphatic heterocycles. The number of esters is 1. The van der Waals surface area contributed by atoms with Gasteiger partial charge in [0.15, 0.2) is 5.82 Å². The van der Waals surface area contributed by atoms with Gasteiger partial charge in [-0.05, 0) is 19.1 Å². The van der Waals surface area contributed by atoms with Crippen molar-refractivity contribution in [3.05, 3.63) is 77.0 Å². The van der Waals surface area contributed by atoms with Crippen LogP contribution >= 0.6 is 11.3 Å². The number of ether oxygens (including phenoxy) is 1. The maximum atomic E-state index is 12.8. The zero-order valence-corrected chi connectivity index (χ0v) is 17.0. The molecule has 0 bridgehead atoms. The Morgan fingerprint density at radius 2 is 1.90 bits per heavy atom. The monoisotopic (exact) mass is 421 g/mol. The summed E-state index contributed by atoms with van der Waals surface area (Å²) in [5.41, 5.74) is 1.49. The van der Waals surface area contributed by atoms with Crippen LogP contribution < -0.4 is 5.32 Å². The van der Waals surface area contributed by atoms with Gasteiger partial charge in [-0.25, -0.2) is 4.98 Å². The van der Waals surface area contributed by atoms with E-state index in [2.05, 4.69) is 15.5 Å². The number of benzene rings is 2. The van der Waals surface area contributed by atoms with Gasteiger partial charge in [0, 0.05) is 18.1 Å². The van der Waals surface area contributed by atoms with Crippen LogP contribution in [0.15, 0.2) is 65.2 Å². The molecule has 0 fully saturated rings. The number of hydrogen-bond donors (Lipinski definition) is 1. The lowest BCUT2D eigenvalue weighted by molar-refractivity contribution is -0.154. The number of rotatable bonds is 7. The molecule has 1 N–H and O–H groups in total. The standard InChI is InChI=1S/C22H19N3O4S/c1-14-13-18(25-29-14)24-22(27)21(15-7-3-2-4-8-15)28-20(26)12-11-19-23-16-9-5-6-10-17(16)30-19/h2-10,13,21H,11-12H2,1H3,(H,24,25,27). The van der Waals surface area contributed by atoms with Crippen molar-refractivity contribution in [2.24, 2.45) is 0 Å². The number of fused-ring (bicyclic) bond motifs is 1. The van der Waals surface area contributed by atoms with E-state index in [4.69, 9.17) is 9.26 Å². The largest absolute Gasteiger partial charge is 0.447 e. The molecule has 0 aliphatic carbocycles. The van der Waals surface area contributed by atoms with Crippen LogP contribution in [0.25, 0.3) is 10.2 Å². The zero-order chi connectivity index (χ0) is 20.9. The maximum Gasteiger partial charge on any atom is 0.307 e. The van der Waals surface area contributed by atoms with Crippen molar-refractivity contribution in [1.29, 1.82) is 0 Å². The third-order valence-electron chi connectivity index (χ3n) is 4.35. The summed E-state index contributed by atoms with van der Waals surface area (Å²) in [5, 5.41) is 7.23. The molecule has 0 radical (unpaired) electrons. The van der Waals surface area contributed by atoms with Crippen LogP contribution in [0.4, 0.5) is 5.82 Å². The van der Waals surface area contributed by atoms with Crippen molar-refractivity contribution < 1.29 is 18.8 Å². The predicted molar refractivity (Wildman–Crippen MR) is 113 cm³/mol. The number of nitrogens with zero attached hydrogens (tertiary/aromatic N) is 2. The lowest BCUT2D eigenvalue weighted by atomic mass is 10.1. The van der Waals surface area contributed by atoms with E-state index in [9.17, 15) is 9.59 Å². The first-order chi connectivity index (χ1) is 14.6. The van der Waals surface area contributed by atoms with Crippen molar-refractivity contribution in [1.82, 2.24) is 10.1 Å². The Bertz CT molecular complexity index is 1140. The van der Waals surface area contributed by atoms with Crippen LogP contribution in [-0.2, 0) is 20.7 Å². The molecule has 0 saturated carbocycles. The molecule has 4 aromatic rings. The van der Waals surface area contributed by atoms with Crippen molar-refractivity contribution in [2.75, 3.05) is 5.32 Å². The number of amides is 1. The summed E-state index contributed by atoms with van der Waals surface area (Å²) >= 11 is 1.55. The number of aryl methyl sites for hydroxylation is 2. The van der Waals surface area contributed by atoms with Gasteiger partial charge in [-0.1, -0.05) is 47.6 Å². The van der Waals surface area contributed by atoms with E-state index in [1.165, 1.54) is 0 Å². The Morgan fingerprint density at radius 3 is 2.63 bits per heavy atom. The van der Waals surface area contributed by atoms with Gasteiger partial charge in [0.25, 0.3) is 5.91 Å². The molecule has 0 aliphatic rings. The van der Waals surface area contributed by atoms with Crippen LogP contribution in [-0.4, -0.2) is 22.0 Å². The Balaban J connectivity index is 1.43. The van der Waals surface area contributed by atoms with Gasteiger partial charge in [-0.15, -0.1) is 11.3 Å². The summed E-state index contributed by atoms with van der Waals surface area (Å²) in [7, 11) is 0. The van der Waals surface area contributed by atoms with E-state index in [-0.39, 0.29) is 12.2 Å². The van der Waals surface area contributed by atoms with Gasteiger partial charge in [-0.2, -0.15) is 0 Å². The minimum atomic E-state index is -1.09. The molecule has 2 heterocycles. The van der Waals surface area contributed by atoms with Crippen LogP contribution in [0.5, 0.6) is 0 Å². The highest BCUT2D eigenvalue weighted by Crippen LogP contribution is 2.24. The minimum absolute atomic E-state index is 0.125. The summed E-state index contributed by atoms with van der Waals surface area (Å²) in [4.78, 5) is 29.8. The number of carbonyl (C=O) groups excluding carboxylic acids is 2. The van der Waals surface area contributed by atoms with Gasteiger partial charge in [0.1, 0.15) is 5.76 Å². The van der Waals surface area contributed by atoms with Crippen LogP contribution in [0.3, 0.4) is 0 Å². The van der Waals surface area contributed by atoms with E-state index < -0.39 is 18.0 Å². The van der Waals surface area contributed by atoms with Crippen LogP contribution in [0.1, 0.15) is 28.9 Å². The molecule has 0 spiro atoms. The minimum Gasteiger partial charge on any atom is -0.447 e. The van der Waals surface area contributed by atoms with Crippen molar-refractivity contribution in [2.45, 2.75) is 25.9 Å². The third-order valence-corrected chi connectivity index (χ3v) is 5.45. The van der Waals surface area contributed by atoms with E-state index >= 15 is 0 Å². The smallest absolute Gasteiger partial charge is 0.307 e. The van der Waals surface area contributed by atoms with Crippen LogP contribution in [0, 0.1) is 6.92 Å². The van der Waals surface area contributed by atoms with Gasteiger partial charge < -0.3 is 14.6 Å². The van der Waals surface area contributed by atoms with Gasteiger partial charge in [0.05, 0.1) is 21.6 Å². The molecule has 2 aromatic heterocycles. The molecule has 1 atom stereocenters. The lowest BCUT2D eigenvalue weighted by Crippen LogP contribution is -2.26. The van der Waals surface area contributed by atoms with Gasteiger partial charge >= 0.3 is 5.97 Å². The van der Waals surface area contributed by atoms with Crippen molar-refractivity contribution >= 4 is 39.2 Å². The molecular formula is C22H19N3O4S. The maximum absolute atomic E-state index is 12.8. The topological polar surface area (TPSA) is 94.3 Å². The highest BCUT2D eigenvalue weighted by molar-refractivity contribution is 7.18. The summed E-state index contributed by atoms with van der Waals surface area (Å²) in [6.07, 6.45) is -0.519. The third kappa shape index (κ3) is 4.72. The Morgan fingerprint density at radius 1 is 1.13 bits per heavy atom. The second-order valence-electron chi connectivity index (χ2n) is 6.67. The normalized spacial score (nSPS) is 11.9. The lowest BCUT2D eigenvalue weighted by Gasteiger charge is -2.17. The number of nitrogens with one attached hydrogen (secondary N) is 1. The Labute approximate surface area is 176 Å². The first-order valence-electron chi connectivity index (χ1n) is 9.41. The molecule has 2 aromatic carbocycles. The quantitative estimate of drug-likeness (QED) is 0.443. The first-order valence-corrected chi connectivity index (χ1v) is 10.2. The highest BCUT2D eigenvalue weighted by atomic mass is 32.1. The first kappa shape index (κ1) is 19.8. The predicted octanol–water partition coefficient (Wildman–Crippen LogP) is 4.45. The molecule has 30 heavy (non-hydrogen) atoms. The van der Waals surface area contributed by atoms with Crippen molar-refractivity contribution in [3.8, 4) is 0 Å². The number of aromatic nitrogens is 2. The number of anilines is 1. The van der Waals surface area contributed by atoms with Crippen LogP contribution in [0.2, 0.25) is 0 Å². The second-order valence-corrected chi connectivity index (χ2v) is 7.78. The average Bonchev–Trinajstić information content (AvgIpc) is 3.36. The molecular weight excluding hydrogens is 402 g/mol. The molecule has 8 heteroatoms. The fourth-order valence-electron chi connectivity index (χ4n) is 2.94. The molecule has 1 amide bonds.